The predicted molar refractivity (Wildman–Crippen MR) is 63.7 cm³/mol. The van der Waals surface area contributed by atoms with Crippen LogP contribution in [0.1, 0.15) is 11.7 Å². The molecule has 1 aromatic heterocycles. The average molecular weight is 284 g/mol. The zero-order valence-electron chi connectivity index (χ0n) is 9.15. The first-order valence-electron chi connectivity index (χ1n) is 5.23. The fourth-order valence-corrected chi connectivity index (χ4v) is 2.32. The largest absolute Gasteiger partial charge is 0.345 e. The highest BCUT2D eigenvalue weighted by Gasteiger charge is 2.26. The van der Waals surface area contributed by atoms with Crippen LogP contribution in [0.25, 0.3) is 0 Å². The van der Waals surface area contributed by atoms with Gasteiger partial charge in [0.15, 0.2) is 0 Å². The van der Waals surface area contributed by atoms with Crippen molar-refractivity contribution in [1.82, 2.24) is 19.8 Å². The highest BCUT2D eigenvalue weighted by atomic mass is 79.9. The molecular formula is C10H14BrN5. The van der Waals surface area contributed by atoms with Crippen molar-refractivity contribution in [3.63, 3.8) is 0 Å². The Hall–Kier alpha value is -0.900. The number of imidazole rings is 1. The van der Waals surface area contributed by atoms with Crippen molar-refractivity contribution in [2.45, 2.75) is 6.04 Å². The van der Waals surface area contributed by atoms with Crippen LogP contribution >= 0.6 is 15.9 Å². The molecule has 0 amide bonds. The maximum Gasteiger partial charge on any atom is 0.141 e. The molecular weight excluding hydrogens is 270 g/mol. The van der Waals surface area contributed by atoms with E-state index in [0.717, 1.165) is 36.5 Å². The molecule has 0 radical (unpaired) electrons. The molecule has 5 nitrogen and oxygen atoms in total. The van der Waals surface area contributed by atoms with Gasteiger partial charge in [0, 0.05) is 26.2 Å². The van der Waals surface area contributed by atoms with Crippen LogP contribution in [0.5, 0.6) is 0 Å². The average Bonchev–Trinajstić information content (AvgIpc) is 2.69. The summed E-state index contributed by atoms with van der Waals surface area (Å²) in [5.74, 6) is 0. The third-order valence-corrected chi connectivity index (χ3v) is 3.55. The second-order valence-electron chi connectivity index (χ2n) is 3.98. The van der Waals surface area contributed by atoms with E-state index < -0.39 is 0 Å². The Morgan fingerprint density at radius 3 is 2.69 bits per heavy atom. The Kier molecular flexibility index (Phi) is 3.59. The molecule has 2 heterocycles. The van der Waals surface area contributed by atoms with E-state index in [4.69, 9.17) is 0 Å². The Labute approximate surface area is 103 Å². The van der Waals surface area contributed by atoms with Crippen molar-refractivity contribution in [1.29, 1.82) is 5.26 Å². The molecule has 0 spiro atoms. The van der Waals surface area contributed by atoms with Gasteiger partial charge >= 0.3 is 0 Å². The number of hydrogen-bond acceptors (Lipinski definition) is 4. The molecule has 6 heteroatoms. The van der Waals surface area contributed by atoms with E-state index in [1.165, 1.54) is 0 Å². The maximum atomic E-state index is 9.27. The quantitative estimate of drug-likeness (QED) is 0.879. The summed E-state index contributed by atoms with van der Waals surface area (Å²) in [7, 11) is 2.10. The van der Waals surface area contributed by atoms with Crippen LogP contribution in [-0.2, 0) is 0 Å². The minimum atomic E-state index is -0.231. The number of nitrogens with zero attached hydrogens (tertiary/aromatic N) is 4. The second kappa shape index (κ2) is 4.95. The zero-order chi connectivity index (χ0) is 11.5. The summed E-state index contributed by atoms with van der Waals surface area (Å²) in [5.41, 5.74) is 0.854. The molecule has 1 aliphatic heterocycles. The summed E-state index contributed by atoms with van der Waals surface area (Å²) < 4.78 is 0.734. The normalized spacial score (nSPS) is 20.6. The molecule has 1 aliphatic rings. The summed E-state index contributed by atoms with van der Waals surface area (Å²) in [6, 6.07) is 2.11. The van der Waals surface area contributed by atoms with Crippen LogP contribution in [0.4, 0.5) is 0 Å². The van der Waals surface area contributed by atoms with Crippen LogP contribution in [0, 0.1) is 11.3 Å². The van der Waals surface area contributed by atoms with E-state index in [1.54, 1.807) is 6.33 Å². The smallest absolute Gasteiger partial charge is 0.141 e. The van der Waals surface area contributed by atoms with Gasteiger partial charge in [-0.2, -0.15) is 5.26 Å². The molecule has 0 aromatic carbocycles. The van der Waals surface area contributed by atoms with E-state index >= 15 is 0 Å². The van der Waals surface area contributed by atoms with Crippen molar-refractivity contribution in [3.8, 4) is 6.07 Å². The lowest BCUT2D eigenvalue weighted by Crippen LogP contribution is -2.45. The summed E-state index contributed by atoms with van der Waals surface area (Å²) >= 11 is 3.36. The van der Waals surface area contributed by atoms with Crippen molar-refractivity contribution < 1.29 is 0 Å². The molecule has 0 saturated carbocycles. The van der Waals surface area contributed by atoms with Crippen molar-refractivity contribution in [2.75, 3.05) is 33.2 Å². The first-order chi connectivity index (χ1) is 7.72. The summed E-state index contributed by atoms with van der Waals surface area (Å²) in [4.78, 5) is 11.5. The summed E-state index contributed by atoms with van der Waals surface area (Å²) in [6.45, 7) is 3.84. The molecule has 1 fully saturated rings. The van der Waals surface area contributed by atoms with Crippen LogP contribution in [0.2, 0.25) is 0 Å². The molecule has 16 heavy (non-hydrogen) atoms. The maximum absolute atomic E-state index is 9.27. The van der Waals surface area contributed by atoms with Gasteiger partial charge in [-0.15, -0.1) is 0 Å². The van der Waals surface area contributed by atoms with Crippen molar-refractivity contribution >= 4 is 15.9 Å². The van der Waals surface area contributed by atoms with Gasteiger partial charge in [-0.25, -0.2) is 4.98 Å². The number of rotatable bonds is 2. The lowest BCUT2D eigenvalue weighted by molar-refractivity contribution is 0.131. The number of H-pyrrole nitrogens is 1. The molecule has 1 atom stereocenters. The monoisotopic (exact) mass is 283 g/mol. The van der Waals surface area contributed by atoms with Crippen LogP contribution < -0.4 is 0 Å². The second-order valence-corrected chi connectivity index (χ2v) is 4.73. The first-order valence-corrected chi connectivity index (χ1v) is 6.02. The molecule has 1 aromatic rings. The van der Waals surface area contributed by atoms with Gasteiger partial charge in [0.2, 0.25) is 0 Å². The van der Waals surface area contributed by atoms with Crippen LogP contribution in [0.15, 0.2) is 10.9 Å². The molecule has 1 unspecified atom stereocenters. The van der Waals surface area contributed by atoms with Gasteiger partial charge in [-0.05, 0) is 23.0 Å². The van der Waals surface area contributed by atoms with Crippen molar-refractivity contribution in [3.05, 3.63) is 16.6 Å². The fraction of sp³-hybridized carbons (Fsp3) is 0.600. The lowest BCUT2D eigenvalue weighted by Gasteiger charge is -2.34. The number of nitrogens with one attached hydrogen (secondary N) is 1. The minimum absolute atomic E-state index is 0.231. The van der Waals surface area contributed by atoms with Crippen LogP contribution in [-0.4, -0.2) is 53.0 Å². The van der Waals surface area contributed by atoms with E-state index in [0.29, 0.717) is 0 Å². The summed E-state index contributed by atoms with van der Waals surface area (Å²) in [6.07, 6.45) is 1.61. The van der Waals surface area contributed by atoms with Gasteiger partial charge in [0.1, 0.15) is 10.6 Å². The van der Waals surface area contributed by atoms with Gasteiger partial charge in [0.05, 0.1) is 18.1 Å². The fourth-order valence-electron chi connectivity index (χ4n) is 1.89. The number of nitriles is 1. The SMILES string of the molecule is CN1CCN(C(C#N)c2[nH]cnc2Br)CC1. The molecule has 1 N–H and O–H groups in total. The van der Waals surface area contributed by atoms with Crippen LogP contribution in [0.3, 0.4) is 0 Å². The summed E-state index contributed by atoms with van der Waals surface area (Å²) in [5, 5.41) is 9.27. The van der Waals surface area contributed by atoms with Gasteiger partial charge < -0.3 is 9.88 Å². The first kappa shape index (κ1) is 11.6. The van der Waals surface area contributed by atoms with E-state index in [9.17, 15) is 5.26 Å². The van der Waals surface area contributed by atoms with Crippen molar-refractivity contribution in [2.24, 2.45) is 0 Å². The molecule has 0 bridgehead atoms. The van der Waals surface area contributed by atoms with E-state index in [2.05, 4.69) is 48.8 Å². The number of piperazine rings is 1. The number of halogens is 1. The highest BCUT2D eigenvalue weighted by Crippen LogP contribution is 2.24. The topological polar surface area (TPSA) is 59.0 Å². The van der Waals surface area contributed by atoms with E-state index in [1.807, 2.05) is 0 Å². The van der Waals surface area contributed by atoms with E-state index in [-0.39, 0.29) is 6.04 Å². The third kappa shape index (κ3) is 2.26. The Morgan fingerprint density at radius 1 is 1.50 bits per heavy atom. The standard InChI is InChI=1S/C10H14BrN5/c1-15-2-4-16(5-3-15)8(6-12)9-10(11)14-7-13-9/h7-8H,2-5H2,1H3,(H,13,14). The molecule has 86 valence electrons. The zero-order valence-corrected chi connectivity index (χ0v) is 10.7. The lowest BCUT2D eigenvalue weighted by atomic mass is 10.2. The molecule has 2 rings (SSSR count). The highest BCUT2D eigenvalue weighted by molar-refractivity contribution is 9.10. The van der Waals surface area contributed by atoms with Gasteiger partial charge in [0.25, 0.3) is 0 Å². The molecule has 1 saturated heterocycles. The molecule has 0 aliphatic carbocycles. The van der Waals surface area contributed by atoms with Gasteiger partial charge in [-0.3, -0.25) is 4.90 Å². The third-order valence-electron chi connectivity index (χ3n) is 2.92. The minimum Gasteiger partial charge on any atom is -0.345 e. The Balaban J connectivity index is 2.12. The predicted octanol–water partition coefficient (Wildman–Crippen LogP) is 0.984. The number of aromatic nitrogens is 2. The Morgan fingerprint density at radius 2 is 2.19 bits per heavy atom. The Bertz CT molecular complexity index is 388. The number of aromatic amines is 1. The number of hydrogen-bond donors (Lipinski definition) is 1. The number of likely N-dealkylation sites (N-methyl/N-ethyl adjacent to an activating group) is 1. The van der Waals surface area contributed by atoms with Gasteiger partial charge in [-0.1, -0.05) is 0 Å².